The van der Waals surface area contributed by atoms with E-state index in [1.54, 1.807) is 0 Å². The molecule has 1 atom stereocenters. The summed E-state index contributed by atoms with van der Waals surface area (Å²) in [5.74, 6) is 0.727. The number of ether oxygens (including phenoxy) is 1. The molecule has 1 aliphatic heterocycles. The van der Waals surface area contributed by atoms with E-state index < -0.39 is 0 Å². The van der Waals surface area contributed by atoms with Crippen LogP contribution in [-0.4, -0.2) is 62.1 Å². The summed E-state index contributed by atoms with van der Waals surface area (Å²) in [7, 11) is 4.15. The molecule has 158 valence electrons. The van der Waals surface area contributed by atoms with Crippen molar-refractivity contribution in [1.82, 2.24) is 15.1 Å². The molecule has 0 radical (unpaired) electrons. The van der Waals surface area contributed by atoms with Crippen molar-refractivity contribution in [2.45, 2.75) is 39.8 Å². The van der Waals surface area contributed by atoms with Crippen LogP contribution in [0.3, 0.4) is 0 Å². The summed E-state index contributed by atoms with van der Waals surface area (Å²) in [5, 5.41) is 3.38. The van der Waals surface area contributed by atoms with Gasteiger partial charge in [0.15, 0.2) is 5.96 Å². The molecule has 1 saturated heterocycles. The second-order valence-electron chi connectivity index (χ2n) is 7.27. The van der Waals surface area contributed by atoms with Crippen LogP contribution in [0.15, 0.2) is 29.3 Å². The van der Waals surface area contributed by atoms with E-state index in [-0.39, 0.29) is 35.9 Å². The predicted molar refractivity (Wildman–Crippen MR) is 125 cm³/mol. The predicted octanol–water partition coefficient (Wildman–Crippen LogP) is 3.11. The molecule has 0 spiro atoms. The molecule has 7 heteroatoms. The van der Waals surface area contributed by atoms with E-state index >= 15 is 0 Å². The highest BCUT2D eigenvalue weighted by atomic mass is 127. The monoisotopic (exact) mass is 502 g/mol. The third-order valence-corrected chi connectivity index (χ3v) is 4.58. The molecule has 28 heavy (non-hydrogen) atoms. The fourth-order valence-corrected chi connectivity index (χ4v) is 3.41. The van der Waals surface area contributed by atoms with E-state index in [4.69, 9.17) is 9.73 Å². The summed E-state index contributed by atoms with van der Waals surface area (Å²) in [6, 6.07) is 8.57. The van der Waals surface area contributed by atoms with Crippen LogP contribution >= 0.6 is 24.0 Å². The number of nitrogens with one attached hydrogen (secondary N) is 1. The fourth-order valence-electron chi connectivity index (χ4n) is 3.41. The Bertz CT molecular complexity index is 637. The molecule has 1 aromatic carbocycles. The lowest BCUT2D eigenvalue weighted by Gasteiger charge is -2.34. The van der Waals surface area contributed by atoms with Gasteiger partial charge in [-0.2, -0.15) is 0 Å². The van der Waals surface area contributed by atoms with E-state index in [1.165, 1.54) is 11.1 Å². The number of hydrogen-bond donors (Lipinski definition) is 1. The minimum absolute atomic E-state index is 0. The first-order valence-corrected chi connectivity index (χ1v) is 9.95. The smallest absolute Gasteiger partial charge is 0.310 e. The summed E-state index contributed by atoms with van der Waals surface area (Å²) >= 11 is 0. The number of aliphatic imine (C=N–C) groups is 1. The molecule has 6 nitrogen and oxygen atoms in total. The van der Waals surface area contributed by atoms with E-state index in [9.17, 15) is 4.79 Å². The molecule has 1 heterocycles. The van der Waals surface area contributed by atoms with Gasteiger partial charge in [0.1, 0.15) is 0 Å². The molecular formula is C21H35IN4O2. The number of likely N-dealkylation sites (tertiary alicyclic amines) is 1. The van der Waals surface area contributed by atoms with Crippen LogP contribution in [0.1, 0.15) is 37.8 Å². The second kappa shape index (κ2) is 13.0. The molecule has 0 saturated carbocycles. The average molecular weight is 502 g/mol. The summed E-state index contributed by atoms with van der Waals surface area (Å²) < 4.78 is 5.21. The number of piperidine rings is 1. The van der Waals surface area contributed by atoms with Crippen LogP contribution in [0.25, 0.3) is 0 Å². The topological polar surface area (TPSA) is 57.2 Å². The van der Waals surface area contributed by atoms with E-state index in [0.29, 0.717) is 19.7 Å². The molecule has 0 bridgehead atoms. The van der Waals surface area contributed by atoms with Crippen molar-refractivity contribution >= 4 is 35.9 Å². The number of rotatable bonds is 7. The zero-order valence-electron chi connectivity index (χ0n) is 17.6. The molecule has 1 unspecified atom stereocenters. The van der Waals surface area contributed by atoms with E-state index in [0.717, 1.165) is 38.4 Å². The number of benzene rings is 1. The van der Waals surface area contributed by atoms with Gasteiger partial charge in [-0.1, -0.05) is 24.3 Å². The van der Waals surface area contributed by atoms with Crippen LogP contribution in [0, 0.1) is 5.92 Å². The quantitative estimate of drug-likeness (QED) is 0.269. The van der Waals surface area contributed by atoms with Gasteiger partial charge in [-0.15, -0.1) is 24.0 Å². The van der Waals surface area contributed by atoms with Gasteiger partial charge in [-0.3, -0.25) is 4.79 Å². The third-order valence-electron chi connectivity index (χ3n) is 4.58. The molecule has 0 amide bonds. The summed E-state index contributed by atoms with van der Waals surface area (Å²) in [6.07, 6.45) is 1.87. The van der Waals surface area contributed by atoms with Gasteiger partial charge in [0.05, 0.1) is 19.1 Å². The largest absolute Gasteiger partial charge is 0.466 e. The number of guanidine groups is 1. The molecular weight excluding hydrogens is 467 g/mol. The zero-order chi connectivity index (χ0) is 19.6. The van der Waals surface area contributed by atoms with Gasteiger partial charge in [0.2, 0.25) is 0 Å². The Balaban J connectivity index is 0.00000392. The number of nitrogens with zero attached hydrogens (tertiary/aromatic N) is 3. The summed E-state index contributed by atoms with van der Waals surface area (Å²) in [5.41, 5.74) is 2.49. The Labute approximate surface area is 186 Å². The molecule has 1 aliphatic rings. The van der Waals surface area contributed by atoms with Gasteiger partial charge in [-0.25, -0.2) is 4.99 Å². The average Bonchev–Trinajstić information content (AvgIpc) is 2.65. The molecule has 1 fully saturated rings. The molecule has 0 aliphatic carbocycles. The van der Waals surface area contributed by atoms with Crippen LogP contribution in [0.2, 0.25) is 0 Å². The number of carbonyl (C=O) groups is 1. The highest BCUT2D eigenvalue weighted by Gasteiger charge is 2.28. The molecule has 1 aromatic rings. The minimum atomic E-state index is -0.0885. The van der Waals surface area contributed by atoms with Gasteiger partial charge in [0.25, 0.3) is 0 Å². The first kappa shape index (κ1) is 24.7. The third kappa shape index (κ3) is 7.95. The first-order valence-electron chi connectivity index (χ1n) is 9.95. The molecule has 0 aromatic heterocycles. The normalized spacial score (nSPS) is 17.2. The number of esters is 1. The Hall–Kier alpha value is -1.35. The highest BCUT2D eigenvalue weighted by Crippen LogP contribution is 2.18. The summed E-state index contributed by atoms with van der Waals surface area (Å²) in [6.45, 7) is 8.31. The van der Waals surface area contributed by atoms with Gasteiger partial charge in [0, 0.05) is 26.2 Å². The number of halogens is 1. The maximum absolute atomic E-state index is 12.1. The Morgan fingerprint density at radius 2 is 2.07 bits per heavy atom. The van der Waals surface area contributed by atoms with Crippen LogP contribution in [0.5, 0.6) is 0 Å². The van der Waals surface area contributed by atoms with Crippen molar-refractivity contribution in [2.24, 2.45) is 10.9 Å². The fraction of sp³-hybridized carbons (Fsp3) is 0.619. The van der Waals surface area contributed by atoms with Crippen molar-refractivity contribution in [3.05, 3.63) is 35.4 Å². The Kier molecular flexibility index (Phi) is 11.4. The van der Waals surface area contributed by atoms with Gasteiger partial charge < -0.3 is 19.9 Å². The Morgan fingerprint density at radius 3 is 2.75 bits per heavy atom. The van der Waals surface area contributed by atoms with Gasteiger partial charge in [-0.05, 0) is 51.9 Å². The van der Waals surface area contributed by atoms with E-state index in [2.05, 4.69) is 60.4 Å². The van der Waals surface area contributed by atoms with Crippen molar-refractivity contribution < 1.29 is 9.53 Å². The maximum Gasteiger partial charge on any atom is 0.310 e. The van der Waals surface area contributed by atoms with Crippen molar-refractivity contribution in [2.75, 3.05) is 40.3 Å². The van der Waals surface area contributed by atoms with Crippen molar-refractivity contribution in [3.63, 3.8) is 0 Å². The summed E-state index contributed by atoms with van der Waals surface area (Å²) in [4.78, 5) is 21.3. The Morgan fingerprint density at radius 1 is 1.32 bits per heavy atom. The van der Waals surface area contributed by atoms with Crippen LogP contribution in [-0.2, 0) is 22.6 Å². The maximum atomic E-state index is 12.1. The van der Waals surface area contributed by atoms with Crippen LogP contribution in [0.4, 0.5) is 0 Å². The van der Waals surface area contributed by atoms with Gasteiger partial charge >= 0.3 is 5.97 Å². The SMILES string of the molecule is CCNC(=NCc1cccc(CN(C)C)c1)N1CCCC(C(=O)OCC)C1.I. The highest BCUT2D eigenvalue weighted by molar-refractivity contribution is 14.0. The molecule has 2 rings (SSSR count). The van der Waals surface area contributed by atoms with Crippen molar-refractivity contribution in [3.8, 4) is 0 Å². The number of carbonyl (C=O) groups excluding carboxylic acids is 1. The lowest BCUT2D eigenvalue weighted by molar-refractivity contribution is -0.149. The minimum Gasteiger partial charge on any atom is -0.466 e. The standard InChI is InChI=1S/C21H34N4O2.HI/c1-5-22-21(25-12-8-11-19(16-25)20(26)27-6-2)23-14-17-9-7-10-18(13-17)15-24(3)4;/h7,9-10,13,19H,5-6,8,11-12,14-16H2,1-4H3,(H,22,23);1H. The zero-order valence-corrected chi connectivity index (χ0v) is 19.9. The lowest BCUT2D eigenvalue weighted by Crippen LogP contribution is -2.48. The number of hydrogen-bond acceptors (Lipinski definition) is 4. The second-order valence-corrected chi connectivity index (χ2v) is 7.27. The first-order chi connectivity index (χ1) is 13.0. The molecule has 1 N–H and O–H groups in total. The lowest BCUT2D eigenvalue weighted by atomic mass is 9.98. The van der Waals surface area contributed by atoms with E-state index in [1.807, 2.05) is 6.92 Å². The van der Waals surface area contributed by atoms with Crippen LogP contribution < -0.4 is 5.32 Å². The van der Waals surface area contributed by atoms with Crippen molar-refractivity contribution in [1.29, 1.82) is 0 Å².